The first-order valence-corrected chi connectivity index (χ1v) is 4.05. The Labute approximate surface area is 83.8 Å². The molecule has 6 heteroatoms. The number of benzene rings is 1. The molecule has 0 radical (unpaired) electrons. The first-order valence-electron chi connectivity index (χ1n) is 2.85. The van der Waals surface area contributed by atoms with Gasteiger partial charge in [0.1, 0.15) is 0 Å². The van der Waals surface area contributed by atoms with E-state index in [-0.39, 0.29) is 15.7 Å². The standard InChI is InChI=1S/C6H3Cl2NO2S/c7-4-1-3(9(10)11)2-5(12)6(4)8/h1-2,12H. The molecular weight excluding hydrogens is 221 g/mol. The van der Waals surface area contributed by atoms with Gasteiger partial charge in [-0.25, -0.2) is 0 Å². The van der Waals surface area contributed by atoms with E-state index in [4.69, 9.17) is 23.2 Å². The van der Waals surface area contributed by atoms with Crippen LogP contribution < -0.4 is 0 Å². The number of hydrogen-bond donors (Lipinski definition) is 1. The molecular formula is C6H3Cl2NO2S. The summed E-state index contributed by atoms with van der Waals surface area (Å²) in [4.78, 5) is 10.0. The number of halogens is 2. The summed E-state index contributed by atoms with van der Waals surface area (Å²) in [7, 11) is 0. The van der Waals surface area contributed by atoms with Crippen molar-refractivity contribution in [3.05, 3.63) is 32.3 Å². The maximum Gasteiger partial charge on any atom is 0.272 e. The average molecular weight is 224 g/mol. The van der Waals surface area contributed by atoms with Gasteiger partial charge in [-0.3, -0.25) is 10.1 Å². The zero-order valence-corrected chi connectivity index (χ0v) is 8.03. The van der Waals surface area contributed by atoms with Crippen molar-refractivity contribution in [2.24, 2.45) is 0 Å². The SMILES string of the molecule is O=[N+]([O-])c1cc(S)c(Cl)c(Cl)c1. The minimum atomic E-state index is -0.554. The van der Waals surface area contributed by atoms with Crippen LogP contribution in [-0.4, -0.2) is 4.92 Å². The highest BCUT2D eigenvalue weighted by Gasteiger charge is 2.11. The molecule has 1 aromatic carbocycles. The summed E-state index contributed by atoms with van der Waals surface area (Å²) in [6.45, 7) is 0. The number of rotatable bonds is 1. The van der Waals surface area contributed by atoms with Gasteiger partial charge in [0, 0.05) is 17.0 Å². The van der Waals surface area contributed by atoms with Crippen molar-refractivity contribution in [1.29, 1.82) is 0 Å². The summed E-state index contributed by atoms with van der Waals surface area (Å²) in [5.74, 6) is 0. The molecule has 0 atom stereocenters. The van der Waals surface area contributed by atoms with Gasteiger partial charge in [-0.15, -0.1) is 12.6 Å². The van der Waals surface area contributed by atoms with Crippen molar-refractivity contribution in [2.45, 2.75) is 4.90 Å². The second kappa shape index (κ2) is 3.51. The number of thiol groups is 1. The van der Waals surface area contributed by atoms with E-state index in [1.807, 2.05) is 0 Å². The first kappa shape index (κ1) is 9.64. The van der Waals surface area contributed by atoms with Crippen LogP contribution in [0.15, 0.2) is 17.0 Å². The lowest BCUT2D eigenvalue weighted by Gasteiger charge is -1.98. The predicted octanol–water partition coefficient (Wildman–Crippen LogP) is 3.19. The molecule has 12 heavy (non-hydrogen) atoms. The summed E-state index contributed by atoms with van der Waals surface area (Å²) in [6, 6.07) is 2.43. The van der Waals surface area contributed by atoms with Gasteiger partial charge in [0.05, 0.1) is 15.0 Å². The van der Waals surface area contributed by atoms with Crippen molar-refractivity contribution in [2.75, 3.05) is 0 Å². The van der Waals surface area contributed by atoms with E-state index in [0.717, 1.165) is 0 Å². The van der Waals surface area contributed by atoms with E-state index < -0.39 is 4.92 Å². The number of hydrogen-bond acceptors (Lipinski definition) is 3. The molecule has 0 aromatic heterocycles. The lowest BCUT2D eigenvalue weighted by atomic mass is 10.3. The fourth-order valence-corrected chi connectivity index (χ4v) is 1.31. The van der Waals surface area contributed by atoms with Gasteiger partial charge in [-0.05, 0) is 0 Å². The fraction of sp³-hybridized carbons (Fsp3) is 0. The van der Waals surface area contributed by atoms with Gasteiger partial charge in [0.2, 0.25) is 0 Å². The molecule has 1 rings (SSSR count). The van der Waals surface area contributed by atoms with Gasteiger partial charge in [0.25, 0.3) is 5.69 Å². The third kappa shape index (κ3) is 1.83. The minimum Gasteiger partial charge on any atom is -0.258 e. The first-order chi connectivity index (χ1) is 5.52. The highest BCUT2D eigenvalue weighted by Crippen LogP contribution is 2.32. The van der Waals surface area contributed by atoms with E-state index in [2.05, 4.69) is 12.6 Å². The molecule has 1 aromatic rings. The zero-order valence-electron chi connectivity index (χ0n) is 5.62. The quantitative estimate of drug-likeness (QED) is 0.452. The Morgan fingerprint density at radius 2 is 2.00 bits per heavy atom. The number of nitro benzene ring substituents is 1. The molecule has 0 unspecified atom stereocenters. The maximum absolute atomic E-state index is 10.3. The number of nitrogens with zero attached hydrogens (tertiary/aromatic N) is 1. The van der Waals surface area contributed by atoms with Crippen molar-refractivity contribution < 1.29 is 4.92 Å². The third-order valence-corrected chi connectivity index (χ3v) is 2.49. The Balaban J connectivity index is 3.31. The van der Waals surface area contributed by atoms with Crippen LogP contribution in [0.2, 0.25) is 10.0 Å². The third-order valence-electron chi connectivity index (χ3n) is 1.20. The van der Waals surface area contributed by atoms with Crippen LogP contribution >= 0.6 is 35.8 Å². The smallest absolute Gasteiger partial charge is 0.258 e. The Hall–Kier alpha value is -0.450. The minimum absolute atomic E-state index is 0.116. The van der Waals surface area contributed by atoms with Gasteiger partial charge >= 0.3 is 0 Å². The summed E-state index contributed by atoms with van der Waals surface area (Å²) in [5, 5.41) is 10.6. The van der Waals surface area contributed by atoms with Crippen molar-refractivity contribution in [1.82, 2.24) is 0 Å². The van der Waals surface area contributed by atoms with E-state index in [1.54, 1.807) is 0 Å². The lowest BCUT2D eigenvalue weighted by Crippen LogP contribution is -1.88. The van der Waals surface area contributed by atoms with Crippen molar-refractivity contribution in [3.8, 4) is 0 Å². The van der Waals surface area contributed by atoms with E-state index in [0.29, 0.717) is 4.90 Å². The molecule has 0 saturated heterocycles. The van der Waals surface area contributed by atoms with Gasteiger partial charge < -0.3 is 0 Å². The molecule has 0 aliphatic heterocycles. The Bertz CT molecular complexity index is 319. The van der Waals surface area contributed by atoms with Crippen LogP contribution in [0.4, 0.5) is 5.69 Å². The highest BCUT2D eigenvalue weighted by atomic mass is 35.5. The Morgan fingerprint density at radius 1 is 1.42 bits per heavy atom. The van der Waals surface area contributed by atoms with Gasteiger partial charge in [0.15, 0.2) is 0 Å². The summed E-state index contributed by atoms with van der Waals surface area (Å²) < 4.78 is 0. The molecule has 3 nitrogen and oxygen atoms in total. The molecule has 0 heterocycles. The van der Waals surface area contributed by atoms with Crippen LogP contribution in [0, 0.1) is 10.1 Å². The predicted molar refractivity (Wildman–Crippen MR) is 50.4 cm³/mol. The van der Waals surface area contributed by atoms with Crippen molar-refractivity contribution >= 4 is 41.5 Å². The van der Waals surface area contributed by atoms with Gasteiger partial charge in [-0.1, -0.05) is 23.2 Å². The lowest BCUT2D eigenvalue weighted by molar-refractivity contribution is -0.385. The monoisotopic (exact) mass is 223 g/mol. The van der Waals surface area contributed by atoms with Crippen LogP contribution in [0.25, 0.3) is 0 Å². The fourth-order valence-electron chi connectivity index (χ4n) is 0.666. The Kier molecular flexibility index (Phi) is 2.82. The molecule has 0 aliphatic carbocycles. The molecule has 0 bridgehead atoms. The molecule has 0 spiro atoms. The molecule has 0 N–H and O–H groups in total. The highest BCUT2D eigenvalue weighted by molar-refractivity contribution is 7.80. The van der Waals surface area contributed by atoms with Crippen LogP contribution in [0.3, 0.4) is 0 Å². The van der Waals surface area contributed by atoms with Gasteiger partial charge in [-0.2, -0.15) is 0 Å². The van der Waals surface area contributed by atoms with Crippen LogP contribution in [0.5, 0.6) is 0 Å². The molecule has 0 aliphatic rings. The molecule has 0 fully saturated rings. The summed E-state index contributed by atoms with van der Waals surface area (Å²) in [5.41, 5.74) is -0.116. The van der Waals surface area contributed by atoms with Crippen LogP contribution in [0.1, 0.15) is 0 Å². The molecule has 64 valence electrons. The average Bonchev–Trinajstić information content (AvgIpc) is 1.99. The Morgan fingerprint density at radius 3 is 2.42 bits per heavy atom. The zero-order chi connectivity index (χ0) is 9.30. The van der Waals surface area contributed by atoms with E-state index in [1.165, 1.54) is 12.1 Å². The maximum atomic E-state index is 10.3. The second-order valence-corrected chi connectivity index (χ2v) is 3.28. The van der Waals surface area contributed by atoms with Crippen LogP contribution in [-0.2, 0) is 0 Å². The number of nitro groups is 1. The van der Waals surface area contributed by atoms with E-state index in [9.17, 15) is 10.1 Å². The molecule has 0 saturated carbocycles. The van der Waals surface area contributed by atoms with E-state index >= 15 is 0 Å². The van der Waals surface area contributed by atoms with Crippen molar-refractivity contribution in [3.63, 3.8) is 0 Å². The topological polar surface area (TPSA) is 43.1 Å². The molecule has 0 amide bonds. The summed E-state index contributed by atoms with van der Waals surface area (Å²) >= 11 is 15.1. The number of non-ortho nitro benzene ring substituents is 1. The normalized spacial score (nSPS) is 9.92. The largest absolute Gasteiger partial charge is 0.272 e. The summed E-state index contributed by atoms with van der Waals surface area (Å²) in [6.07, 6.45) is 0. The second-order valence-electron chi connectivity index (χ2n) is 2.02.